The highest BCUT2D eigenvalue weighted by molar-refractivity contribution is 6.01. The number of rotatable bonds is 5. The van der Waals surface area contributed by atoms with E-state index in [4.69, 9.17) is 0 Å². The van der Waals surface area contributed by atoms with E-state index in [1.807, 2.05) is 13.8 Å². The van der Waals surface area contributed by atoms with Crippen LogP contribution in [0.25, 0.3) is 11.0 Å². The van der Waals surface area contributed by atoms with Crippen LogP contribution >= 0.6 is 12.4 Å². The van der Waals surface area contributed by atoms with E-state index in [0.717, 1.165) is 18.2 Å². The molecule has 1 aliphatic heterocycles. The highest BCUT2D eigenvalue weighted by Crippen LogP contribution is 2.29. The summed E-state index contributed by atoms with van der Waals surface area (Å²) in [6.07, 6.45) is -4.20. The number of piperazine rings is 1. The summed E-state index contributed by atoms with van der Waals surface area (Å²) in [4.78, 5) is 34.4. The Bertz CT molecular complexity index is 1350. The van der Waals surface area contributed by atoms with Crippen LogP contribution in [-0.4, -0.2) is 51.7 Å². The zero-order chi connectivity index (χ0) is 25.4. The number of nitrogens with zero attached hydrogens (tertiary/aromatic N) is 3. The van der Waals surface area contributed by atoms with E-state index in [1.165, 1.54) is 6.07 Å². The topological polar surface area (TPSA) is 103 Å². The summed E-state index contributed by atoms with van der Waals surface area (Å²) in [6.45, 7) is 4.98. The van der Waals surface area contributed by atoms with E-state index in [0.29, 0.717) is 42.8 Å². The molecule has 0 saturated carbocycles. The van der Waals surface area contributed by atoms with Gasteiger partial charge in [-0.15, -0.1) is 12.4 Å². The molecule has 2 heterocycles. The summed E-state index contributed by atoms with van der Waals surface area (Å²) in [5.41, 5.74) is 0.253. The van der Waals surface area contributed by atoms with Gasteiger partial charge in [-0.05, 0) is 56.7 Å². The van der Waals surface area contributed by atoms with E-state index in [9.17, 15) is 27.9 Å². The van der Waals surface area contributed by atoms with Crippen LogP contribution in [0.1, 0.15) is 36.2 Å². The Morgan fingerprint density at radius 1 is 1.19 bits per heavy atom. The van der Waals surface area contributed by atoms with Crippen molar-refractivity contribution in [2.45, 2.75) is 38.5 Å². The van der Waals surface area contributed by atoms with Crippen LogP contribution < -0.4 is 15.8 Å². The van der Waals surface area contributed by atoms with Crippen LogP contribution in [-0.2, 0) is 17.5 Å². The SMILES string of the molecule is CC1(C)NCCN(c2ccc3c(c2)[nH]/c(=N\C(=O)c2cccc(C(F)(F)F)c2)n3CCCO)C1=O.Cl. The van der Waals surface area contributed by atoms with Gasteiger partial charge in [0, 0.05) is 37.5 Å². The summed E-state index contributed by atoms with van der Waals surface area (Å²) >= 11 is 0. The van der Waals surface area contributed by atoms with Gasteiger partial charge in [-0.2, -0.15) is 18.2 Å². The largest absolute Gasteiger partial charge is 0.416 e. The molecule has 1 aromatic heterocycles. The number of aromatic nitrogens is 2. The van der Waals surface area contributed by atoms with Gasteiger partial charge in [-0.25, -0.2) is 0 Å². The molecule has 0 bridgehead atoms. The molecule has 0 aliphatic carbocycles. The second kappa shape index (κ2) is 10.5. The Kier molecular flexibility index (Phi) is 7.97. The van der Waals surface area contributed by atoms with Crippen molar-refractivity contribution in [3.63, 3.8) is 0 Å². The first-order valence-electron chi connectivity index (χ1n) is 11.2. The van der Waals surface area contributed by atoms with Crippen LogP contribution in [0.2, 0.25) is 0 Å². The number of alkyl halides is 3. The third kappa shape index (κ3) is 5.48. The minimum Gasteiger partial charge on any atom is -0.396 e. The first-order valence-corrected chi connectivity index (χ1v) is 11.2. The van der Waals surface area contributed by atoms with Crippen molar-refractivity contribution in [1.29, 1.82) is 0 Å². The second-order valence-electron chi connectivity index (χ2n) is 8.88. The highest BCUT2D eigenvalue weighted by atomic mass is 35.5. The number of aliphatic hydroxyl groups is 1. The van der Waals surface area contributed by atoms with E-state index in [-0.39, 0.29) is 36.1 Å². The van der Waals surface area contributed by atoms with Gasteiger partial charge in [-0.1, -0.05) is 6.07 Å². The minimum absolute atomic E-state index is 0. The molecule has 0 unspecified atom stereocenters. The quantitative estimate of drug-likeness (QED) is 0.476. The molecule has 3 N–H and O–H groups in total. The lowest BCUT2D eigenvalue weighted by Gasteiger charge is -2.38. The lowest BCUT2D eigenvalue weighted by Crippen LogP contribution is -2.61. The average molecular weight is 526 g/mol. The summed E-state index contributed by atoms with van der Waals surface area (Å²) in [7, 11) is 0. The Labute approximate surface area is 211 Å². The summed E-state index contributed by atoms with van der Waals surface area (Å²) in [5.74, 6) is -0.910. The molecule has 1 aliphatic rings. The molecule has 2 aromatic carbocycles. The van der Waals surface area contributed by atoms with Gasteiger partial charge in [0.1, 0.15) is 0 Å². The van der Waals surface area contributed by atoms with Crippen LogP contribution in [0.15, 0.2) is 47.5 Å². The number of aromatic amines is 1. The molecule has 0 atom stereocenters. The predicted octanol–water partition coefficient (Wildman–Crippen LogP) is 3.25. The molecule has 1 saturated heterocycles. The molecule has 12 heteroatoms. The number of carbonyl (C=O) groups is 2. The number of aryl methyl sites for hydroxylation is 1. The van der Waals surface area contributed by atoms with E-state index in [1.54, 1.807) is 27.7 Å². The number of carbonyl (C=O) groups excluding carboxylic acids is 2. The molecular formula is C24H27ClF3N5O3. The first kappa shape index (κ1) is 27.4. The van der Waals surface area contributed by atoms with Crippen LogP contribution in [0, 0.1) is 0 Å². The maximum Gasteiger partial charge on any atom is 0.416 e. The number of imidazole rings is 1. The number of nitrogens with one attached hydrogen (secondary N) is 2. The zero-order valence-corrected chi connectivity index (χ0v) is 20.5. The standard InChI is InChI=1S/C24H26F3N5O3.ClH/c1-23(2)21(35)31(11-9-28-23)17-7-8-19-18(14-17)29-22(32(19)10-4-12-33)30-20(34)15-5-3-6-16(13-15)24(25,26)27;/h3,5-8,13-14,28,33H,4,9-12H2,1-2H3,(H,29,30,34);1H. The number of benzene rings is 2. The van der Waals surface area contributed by atoms with Gasteiger partial charge < -0.3 is 24.9 Å². The fraction of sp³-hybridized carbons (Fsp3) is 0.375. The molecule has 0 radical (unpaired) electrons. The van der Waals surface area contributed by atoms with Crippen molar-refractivity contribution in [2.75, 3.05) is 24.6 Å². The van der Waals surface area contributed by atoms with Crippen LogP contribution in [0.3, 0.4) is 0 Å². The van der Waals surface area contributed by atoms with Crippen molar-refractivity contribution in [3.8, 4) is 0 Å². The van der Waals surface area contributed by atoms with E-state index < -0.39 is 23.2 Å². The number of aliphatic hydroxyl groups excluding tert-OH is 1. The third-order valence-corrected chi connectivity index (χ3v) is 5.95. The maximum atomic E-state index is 13.1. The van der Waals surface area contributed by atoms with Gasteiger partial charge >= 0.3 is 6.18 Å². The fourth-order valence-corrected chi connectivity index (χ4v) is 4.10. The van der Waals surface area contributed by atoms with Crippen LogP contribution in [0.4, 0.5) is 18.9 Å². The number of fused-ring (bicyclic) bond motifs is 1. The lowest BCUT2D eigenvalue weighted by molar-refractivity contribution is -0.137. The Morgan fingerprint density at radius 2 is 1.94 bits per heavy atom. The molecule has 4 rings (SSSR count). The predicted molar refractivity (Wildman–Crippen MR) is 131 cm³/mol. The fourth-order valence-electron chi connectivity index (χ4n) is 4.10. The first-order chi connectivity index (χ1) is 16.5. The second-order valence-corrected chi connectivity index (χ2v) is 8.88. The molecule has 3 aromatic rings. The van der Waals surface area contributed by atoms with Gasteiger partial charge in [0.25, 0.3) is 5.91 Å². The molecule has 194 valence electrons. The average Bonchev–Trinajstić information content (AvgIpc) is 3.14. The summed E-state index contributed by atoms with van der Waals surface area (Å²) < 4.78 is 40.9. The summed E-state index contributed by atoms with van der Waals surface area (Å²) in [5, 5.41) is 12.5. The van der Waals surface area contributed by atoms with Crippen molar-refractivity contribution in [1.82, 2.24) is 14.9 Å². The van der Waals surface area contributed by atoms with Crippen molar-refractivity contribution in [2.24, 2.45) is 4.99 Å². The molecule has 36 heavy (non-hydrogen) atoms. The van der Waals surface area contributed by atoms with Gasteiger partial charge in [0.2, 0.25) is 11.5 Å². The minimum atomic E-state index is -4.58. The van der Waals surface area contributed by atoms with Gasteiger partial charge in [0.05, 0.1) is 22.1 Å². The number of H-pyrrole nitrogens is 1. The molecule has 8 nitrogen and oxygen atoms in total. The molecular weight excluding hydrogens is 499 g/mol. The van der Waals surface area contributed by atoms with Gasteiger partial charge in [-0.3, -0.25) is 9.59 Å². The van der Waals surface area contributed by atoms with Crippen molar-refractivity contribution in [3.05, 3.63) is 59.2 Å². The number of hydrogen-bond donors (Lipinski definition) is 3. The monoisotopic (exact) mass is 525 g/mol. The van der Waals surface area contributed by atoms with Crippen molar-refractivity contribution < 1.29 is 27.9 Å². The Balaban J connectivity index is 0.00000361. The Hall–Kier alpha value is -3.15. The van der Waals surface area contributed by atoms with Crippen molar-refractivity contribution >= 4 is 40.9 Å². The van der Waals surface area contributed by atoms with E-state index in [2.05, 4.69) is 15.3 Å². The lowest BCUT2D eigenvalue weighted by atomic mass is 10.00. The smallest absolute Gasteiger partial charge is 0.396 e. The highest BCUT2D eigenvalue weighted by Gasteiger charge is 2.36. The normalized spacial score (nSPS) is 16.3. The Morgan fingerprint density at radius 3 is 2.64 bits per heavy atom. The molecule has 0 spiro atoms. The number of hydrogen-bond acceptors (Lipinski definition) is 4. The molecule has 1 fully saturated rings. The van der Waals surface area contributed by atoms with Crippen LogP contribution in [0.5, 0.6) is 0 Å². The molecule has 2 amide bonds. The zero-order valence-electron chi connectivity index (χ0n) is 19.7. The number of halogens is 4. The number of anilines is 1. The van der Waals surface area contributed by atoms with E-state index >= 15 is 0 Å². The maximum absolute atomic E-state index is 13.1. The summed E-state index contributed by atoms with van der Waals surface area (Å²) in [6, 6.07) is 9.45. The van der Waals surface area contributed by atoms with Gasteiger partial charge in [0.15, 0.2) is 0 Å². The number of amides is 2. The third-order valence-electron chi connectivity index (χ3n) is 5.95.